The van der Waals surface area contributed by atoms with Gasteiger partial charge in [0.25, 0.3) is 0 Å². The molecule has 0 aliphatic heterocycles. The van der Waals surface area contributed by atoms with Gasteiger partial charge in [-0.1, -0.05) is 29.8 Å². The summed E-state index contributed by atoms with van der Waals surface area (Å²) in [5, 5.41) is 4.13. The van der Waals surface area contributed by atoms with Gasteiger partial charge in [0, 0.05) is 22.6 Å². The highest BCUT2D eigenvalue weighted by atomic mass is 35.5. The lowest BCUT2D eigenvalue weighted by Gasteiger charge is -2.16. The van der Waals surface area contributed by atoms with E-state index >= 15 is 0 Å². The van der Waals surface area contributed by atoms with Crippen molar-refractivity contribution in [3.63, 3.8) is 0 Å². The van der Waals surface area contributed by atoms with E-state index in [0.29, 0.717) is 18.4 Å². The van der Waals surface area contributed by atoms with Crippen LogP contribution in [0.5, 0.6) is 0 Å². The standard InChI is InChI=1S/C15H20ClNO2S/c1-2-19-15(18)14(17-12-7-8-12)10-20-9-11-5-3-4-6-13(11)16/h3-6,12,14,17H,2,7-10H2,1H3. The van der Waals surface area contributed by atoms with E-state index in [1.807, 2.05) is 31.2 Å². The second kappa shape index (κ2) is 7.91. The zero-order chi connectivity index (χ0) is 14.4. The van der Waals surface area contributed by atoms with E-state index in [1.165, 1.54) is 0 Å². The van der Waals surface area contributed by atoms with E-state index in [-0.39, 0.29) is 12.0 Å². The summed E-state index contributed by atoms with van der Waals surface area (Å²) in [6.45, 7) is 2.26. The van der Waals surface area contributed by atoms with Crippen LogP contribution in [0, 0.1) is 0 Å². The quantitative estimate of drug-likeness (QED) is 0.748. The minimum absolute atomic E-state index is 0.147. The van der Waals surface area contributed by atoms with Gasteiger partial charge in [0.05, 0.1) is 6.61 Å². The molecule has 3 nitrogen and oxygen atoms in total. The zero-order valence-electron chi connectivity index (χ0n) is 11.6. The number of esters is 1. The fraction of sp³-hybridized carbons (Fsp3) is 0.533. The summed E-state index contributed by atoms with van der Waals surface area (Å²) < 4.78 is 5.12. The van der Waals surface area contributed by atoms with Crippen molar-refractivity contribution in [2.75, 3.05) is 12.4 Å². The number of rotatable bonds is 8. The predicted molar refractivity (Wildman–Crippen MR) is 84.2 cm³/mol. The summed E-state index contributed by atoms with van der Waals surface area (Å²) in [5.74, 6) is 1.37. The van der Waals surface area contributed by atoms with Gasteiger partial charge in [-0.25, -0.2) is 0 Å². The molecule has 1 saturated carbocycles. The van der Waals surface area contributed by atoms with E-state index in [9.17, 15) is 4.79 Å². The smallest absolute Gasteiger partial charge is 0.323 e. The molecule has 110 valence electrons. The molecule has 0 saturated heterocycles. The lowest BCUT2D eigenvalue weighted by atomic mass is 10.2. The van der Waals surface area contributed by atoms with E-state index in [0.717, 1.165) is 29.2 Å². The average molecular weight is 314 g/mol. The van der Waals surface area contributed by atoms with E-state index in [1.54, 1.807) is 11.8 Å². The van der Waals surface area contributed by atoms with Gasteiger partial charge in [-0.2, -0.15) is 11.8 Å². The molecule has 1 aliphatic carbocycles. The van der Waals surface area contributed by atoms with Gasteiger partial charge in [-0.15, -0.1) is 0 Å². The number of carbonyl (C=O) groups excluding carboxylic acids is 1. The van der Waals surface area contributed by atoms with Crippen LogP contribution in [0.2, 0.25) is 5.02 Å². The normalized spacial score (nSPS) is 15.9. The molecule has 1 fully saturated rings. The van der Waals surface area contributed by atoms with Crippen LogP contribution in [-0.2, 0) is 15.3 Å². The Labute approximate surface area is 129 Å². The third-order valence-corrected chi connectivity index (χ3v) is 4.54. The first-order valence-corrected chi connectivity index (χ1v) is 8.47. The molecule has 20 heavy (non-hydrogen) atoms. The van der Waals surface area contributed by atoms with Crippen molar-refractivity contribution in [3.05, 3.63) is 34.9 Å². The molecule has 0 amide bonds. The van der Waals surface area contributed by atoms with Crippen molar-refractivity contribution >= 4 is 29.3 Å². The van der Waals surface area contributed by atoms with Crippen molar-refractivity contribution in [3.8, 4) is 0 Å². The van der Waals surface area contributed by atoms with Gasteiger partial charge in [-0.05, 0) is 31.4 Å². The lowest BCUT2D eigenvalue weighted by molar-refractivity contribution is -0.145. The van der Waals surface area contributed by atoms with Crippen LogP contribution in [-0.4, -0.2) is 30.4 Å². The number of carbonyl (C=O) groups is 1. The Balaban J connectivity index is 1.81. The Bertz CT molecular complexity index is 451. The molecule has 1 aliphatic rings. The molecule has 0 heterocycles. The van der Waals surface area contributed by atoms with Crippen molar-refractivity contribution in [1.29, 1.82) is 0 Å². The highest BCUT2D eigenvalue weighted by Crippen LogP contribution is 2.23. The number of nitrogens with one attached hydrogen (secondary N) is 1. The molecule has 2 rings (SSSR count). The van der Waals surface area contributed by atoms with Gasteiger partial charge >= 0.3 is 5.97 Å². The summed E-state index contributed by atoms with van der Waals surface area (Å²) in [7, 11) is 0. The third-order valence-electron chi connectivity index (χ3n) is 3.09. The number of hydrogen-bond acceptors (Lipinski definition) is 4. The Morgan fingerprint density at radius 3 is 2.90 bits per heavy atom. The molecule has 1 N–H and O–H groups in total. The van der Waals surface area contributed by atoms with Crippen molar-refractivity contribution in [2.45, 2.75) is 37.6 Å². The van der Waals surface area contributed by atoms with Crippen LogP contribution < -0.4 is 5.32 Å². The fourth-order valence-corrected chi connectivity index (χ4v) is 3.20. The molecule has 1 atom stereocenters. The molecule has 0 aromatic heterocycles. The number of thioether (sulfide) groups is 1. The van der Waals surface area contributed by atoms with Gasteiger partial charge in [0.2, 0.25) is 0 Å². The van der Waals surface area contributed by atoms with Gasteiger partial charge in [-0.3, -0.25) is 4.79 Å². The van der Waals surface area contributed by atoms with E-state index in [2.05, 4.69) is 5.32 Å². The predicted octanol–water partition coefficient (Wildman–Crippen LogP) is 3.26. The maximum atomic E-state index is 11.9. The zero-order valence-corrected chi connectivity index (χ0v) is 13.2. The lowest BCUT2D eigenvalue weighted by Crippen LogP contribution is -2.41. The van der Waals surface area contributed by atoms with Crippen molar-refractivity contribution in [2.24, 2.45) is 0 Å². The Morgan fingerprint density at radius 2 is 2.25 bits per heavy atom. The first-order valence-electron chi connectivity index (χ1n) is 6.94. The summed E-state index contributed by atoms with van der Waals surface area (Å²) >= 11 is 7.83. The molecule has 0 bridgehead atoms. The Hall–Kier alpha value is -0.710. The molecule has 1 unspecified atom stereocenters. The molecular weight excluding hydrogens is 294 g/mol. The van der Waals surface area contributed by atoms with Crippen LogP contribution in [0.25, 0.3) is 0 Å². The number of halogens is 1. The largest absolute Gasteiger partial charge is 0.465 e. The highest BCUT2D eigenvalue weighted by Gasteiger charge is 2.29. The monoisotopic (exact) mass is 313 g/mol. The maximum absolute atomic E-state index is 11.9. The number of hydrogen-bond donors (Lipinski definition) is 1. The number of ether oxygens (including phenoxy) is 1. The molecular formula is C15H20ClNO2S. The summed E-state index contributed by atoms with van der Waals surface area (Å²) in [6, 6.07) is 8.09. The molecule has 1 aromatic rings. The first-order chi connectivity index (χ1) is 9.70. The second-order valence-corrected chi connectivity index (χ2v) is 6.29. The molecule has 1 aromatic carbocycles. The van der Waals surface area contributed by atoms with Gasteiger partial charge in [0.15, 0.2) is 0 Å². The van der Waals surface area contributed by atoms with Crippen LogP contribution in [0.3, 0.4) is 0 Å². The minimum Gasteiger partial charge on any atom is -0.465 e. The Morgan fingerprint density at radius 1 is 1.50 bits per heavy atom. The SMILES string of the molecule is CCOC(=O)C(CSCc1ccccc1Cl)NC1CC1. The van der Waals surface area contributed by atoms with Crippen LogP contribution in [0.15, 0.2) is 24.3 Å². The average Bonchev–Trinajstić information content (AvgIpc) is 3.24. The van der Waals surface area contributed by atoms with E-state index in [4.69, 9.17) is 16.3 Å². The minimum atomic E-state index is -0.213. The third kappa shape index (κ3) is 5.00. The van der Waals surface area contributed by atoms with E-state index < -0.39 is 0 Å². The molecule has 5 heteroatoms. The maximum Gasteiger partial charge on any atom is 0.323 e. The fourth-order valence-electron chi connectivity index (χ4n) is 1.86. The van der Waals surface area contributed by atoms with Gasteiger partial charge in [0.1, 0.15) is 6.04 Å². The second-order valence-electron chi connectivity index (χ2n) is 4.85. The van der Waals surface area contributed by atoms with Gasteiger partial charge < -0.3 is 10.1 Å². The van der Waals surface area contributed by atoms with Crippen LogP contribution >= 0.6 is 23.4 Å². The van der Waals surface area contributed by atoms with Crippen LogP contribution in [0.4, 0.5) is 0 Å². The summed E-state index contributed by atoms with van der Waals surface area (Å²) in [6.07, 6.45) is 2.32. The highest BCUT2D eigenvalue weighted by molar-refractivity contribution is 7.98. The topological polar surface area (TPSA) is 38.3 Å². The first kappa shape index (κ1) is 15.7. The summed E-state index contributed by atoms with van der Waals surface area (Å²) in [4.78, 5) is 11.9. The number of benzene rings is 1. The summed E-state index contributed by atoms with van der Waals surface area (Å²) in [5.41, 5.74) is 1.10. The van der Waals surface area contributed by atoms with Crippen molar-refractivity contribution < 1.29 is 9.53 Å². The molecule has 0 radical (unpaired) electrons. The van der Waals surface area contributed by atoms with Crippen LogP contribution in [0.1, 0.15) is 25.3 Å². The Kier molecular flexibility index (Phi) is 6.20. The van der Waals surface area contributed by atoms with Crippen molar-refractivity contribution in [1.82, 2.24) is 5.32 Å². The molecule has 0 spiro atoms.